The van der Waals surface area contributed by atoms with Crippen LogP contribution < -0.4 is 22.1 Å². The van der Waals surface area contributed by atoms with Gasteiger partial charge in [-0.2, -0.15) is 0 Å². The highest BCUT2D eigenvalue weighted by atomic mass is 19.1. The van der Waals surface area contributed by atoms with Crippen molar-refractivity contribution in [2.45, 2.75) is 38.6 Å². The molecule has 1 atom stereocenters. The van der Waals surface area contributed by atoms with Gasteiger partial charge in [0, 0.05) is 30.3 Å². The van der Waals surface area contributed by atoms with Crippen LogP contribution in [0, 0.1) is 30.5 Å². The van der Waals surface area contributed by atoms with Crippen molar-refractivity contribution in [3.05, 3.63) is 82.9 Å². The first-order chi connectivity index (χ1) is 18.3. The molecule has 0 bridgehead atoms. The van der Waals surface area contributed by atoms with Crippen molar-refractivity contribution < 1.29 is 14.0 Å². The highest BCUT2D eigenvalue weighted by molar-refractivity contribution is 5.99. The predicted octanol–water partition coefficient (Wildman–Crippen LogP) is 4.09. The topological polar surface area (TPSA) is 136 Å². The number of halogens is 1. The van der Waals surface area contributed by atoms with Crippen LogP contribution >= 0.6 is 0 Å². The first kappa shape index (κ1) is 26.4. The lowest BCUT2D eigenvalue weighted by molar-refractivity contribution is -0.118. The summed E-state index contributed by atoms with van der Waals surface area (Å²) in [5.74, 6) is 4.29. The number of amides is 2. The zero-order valence-corrected chi connectivity index (χ0v) is 21.0. The summed E-state index contributed by atoms with van der Waals surface area (Å²) >= 11 is 0. The number of carbonyl (C=O) groups excluding carboxylic acids is 2. The van der Waals surface area contributed by atoms with Crippen LogP contribution in [0.2, 0.25) is 0 Å². The zero-order valence-electron chi connectivity index (χ0n) is 21.0. The molecule has 6 N–H and O–H groups in total. The van der Waals surface area contributed by atoms with Crippen molar-refractivity contribution in [1.29, 1.82) is 0 Å². The van der Waals surface area contributed by atoms with E-state index in [-0.39, 0.29) is 23.6 Å². The lowest BCUT2D eigenvalue weighted by Gasteiger charge is -2.19. The van der Waals surface area contributed by atoms with Crippen LogP contribution in [0.4, 0.5) is 21.7 Å². The molecule has 0 aliphatic heterocycles. The summed E-state index contributed by atoms with van der Waals surface area (Å²) in [6, 6.07) is 10.9. The Morgan fingerprint density at radius 1 is 1.18 bits per heavy atom. The van der Waals surface area contributed by atoms with Crippen molar-refractivity contribution in [3.8, 4) is 11.8 Å². The molecule has 1 aliphatic rings. The van der Waals surface area contributed by atoms with Crippen molar-refractivity contribution in [3.63, 3.8) is 0 Å². The number of primary amides is 2. The van der Waals surface area contributed by atoms with Crippen molar-refractivity contribution in [1.82, 2.24) is 9.97 Å². The van der Waals surface area contributed by atoms with E-state index < -0.39 is 23.7 Å². The molecule has 1 aromatic carbocycles. The summed E-state index contributed by atoms with van der Waals surface area (Å²) in [6.07, 6.45) is 8.75. The number of benzene rings is 1. The number of nitrogens with two attached hydrogens (primary N) is 2. The molecule has 9 heteroatoms. The second kappa shape index (κ2) is 12.0. The van der Waals surface area contributed by atoms with E-state index in [0.29, 0.717) is 11.4 Å². The van der Waals surface area contributed by atoms with Crippen LogP contribution in [-0.2, 0) is 11.2 Å². The third kappa shape index (κ3) is 6.95. The molecule has 8 nitrogen and oxygen atoms in total. The summed E-state index contributed by atoms with van der Waals surface area (Å²) in [5.41, 5.74) is 13.8. The fourth-order valence-electron chi connectivity index (χ4n) is 3.84. The smallest absolute Gasteiger partial charge is 0.252 e. The van der Waals surface area contributed by atoms with E-state index in [1.54, 1.807) is 18.3 Å². The van der Waals surface area contributed by atoms with Gasteiger partial charge in [0.1, 0.15) is 11.9 Å². The van der Waals surface area contributed by atoms with E-state index in [9.17, 15) is 14.0 Å². The molecule has 2 aromatic heterocycles. The average Bonchev–Trinajstić information content (AvgIpc) is 3.71. The van der Waals surface area contributed by atoms with Crippen LogP contribution in [-0.4, -0.2) is 27.8 Å². The van der Waals surface area contributed by atoms with Gasteiger partial charge in [-0.15, -0.1) is 0 Å². The molecule has 1 aliphatic carbocycles. The van der Waals surface area contributed by atoms with E-state index in [1.165, 1.54) is 12.8 Å². The van der Waals surface area contributed by atoms with Crippen LogP contribution in [0.25, 0.3) is 6.08 Å². The van der Waals surface area contributed by atoms with Gasteiger partial charge in [0.25, 0.3) is 5.91 Å². The Balaban J connectivity index is 1.63. The lowest BCUT2D eigenvalue weighted by Crippen LogP contribution is -2.38. The molecule has 1 saturated carbocycles. The lowest BCUT2D eigenvalue weighted by atomic mass is 10.1. The SMILES string of the molecule is Cc1nccc(Nc2nc(N[C@H](Cc3ccccc3)C(N)=O)c(F)cc2C(N)=O)c1/C=C\C#CCC1CC1. The number of hydrogen-bond donors (Lipinski definition) is 4. The fourth-order valence-corrected chi connectivity index (χ4v) is 3.84. The molecule has 4 rings (SSSR count). The maximum atomic E-state index is 15.0. The molecule has 38 heavy (non-hydrogen) atoms. The van der Waals surface area contributed by atoms with Crippen LogP contribution in [0.15, 0.2) is 54.7 Å². The predicted molar refractivity (Wildman–Crippen MR) is 146 cm³/mol. The minimum absolute atomic E-state index is 0.0180. The van der Waals surface area contributed by atoms with E-state index in [4.69, 9.17) is 11.5 Å². The molecule has 3 aromatic rings. The third-order valence-electron chi connectivity index (χ3n) is 6.14. The second-order valence-electron chi connectivity index (χ2n) is 9.15. The molecular weight excluding hydrogens is 483 g/mol. The van der Waals surface area contributed by atoms with Gasteiger partial charge >= 0.3 is 0 Å². The number of hydrogen-bond acceptors (Lipinski definition) is 6. The number of nitrogens with zero attached hydrogens (tertiary/aromatic N) is 2. The molecule has 0 spiro atoms. The Morgan fingerprint density at radius 3 is 2.63 bits per heavy atom. The van der Waals surface area contributed by atoms with Gasteiger partial charge in [0.05, 0.1) is 11.3 Å². The number of allylic oxidation sites excluding steroid dienone is 1. The highest BCUT2D eigenvalue weighted by Gasteiger charge is 2.22. The molecule has 0 radical (unpaired) electrons. The van der Waals surface area contributed by atoms with E-state index in [1.807, 2.05) is 43.3 Å². The Kier molecular flexibility index (Phi) is 8.34. The summed E-state index contributed by atoms with van der Waals surface area (Å²) in [4.78, 5) is 32.9. The number of pyridine rings is 2. The monoisotopic (exact) mass is 512 g/mol. The van der Waals surface area contributed by atoms with Crippen molar-refractivity contribution >= 4 is 35.2 Å². The van der Waals surface area contributed by atoms with Gasteiger partial charge in [0.2, 0.25) is 5.91 Å². The number of carbonyl (C=O) groups is 2. The first-order valence-corrected chi connectivity index (χ1v) is 12.3. The van der Waals surface area contributed by atoms with Gasteiger partial charge in [-0.1, -0.05) is 42.2 Å². The molecular formula is C29H29FN6O2. The molecule has 0 unspecified atom stereocenters. The number of rotatable bonds is 10. The fraction of sp³-hybridized carbons (Fsp3) is 0.241. The van der Waals surface area contributed by atoms with E-state index in [2.05, 4.69) is 32.4 Å². The quantitative estimate of drug-likeness (QED) is 0.302. The Bertz CT molecular complexity index is 1420. The van der Waals surface area contributed by atoms with Gasteiger partial charge in [0.15, 0.2) is 11.6 Å². The third-order valence-corrected chi connectivity index (χ3v) is 6.14. The number of aromatic nitrogens is 2. The van der Waals surface area contributed by atoms with E-state index in [0.717, 1.165) is 29.5 Å². The minimum Gasteiger partial charge on any atom is -0.368 e. The molecule has 2 heterocycles. The normalized spacial score (nSPS) is 13.4. The van der Waals surface area contributed by atoms with Crippen LogP contribution in [0.1, 0.15) is 46.4 Å². The number of nitrogens with one attached hydrogen (secondary N) is 2. The average molecular weight is 513 g/mol. The molecule has 2 amide bonds. The molecule has 1 fully saturated rings. The first-order valence-electron chi connectivity index (χ1n) is 12.3. The van der Waals surface area contributed by atoms with E-state index >= 15 is 0 Å². The van der Waals surface area contributed by atoms with Crippen molar-refractivity contribution in [2.75, 3.05) is 10.6 Å². The van der Waals surface area contributed by atoms with Gasteiger partial charge in [-0.3, -0.25) is 14.6 Å². The second-order valence-corrected chi connectivity index (χ2v) is 9.15. The van der Waals surface area contributed by atoms with Gasteiger partial charge < -0.3 is 22.1 Å². The Hall–Kier alpha value is -4.71. The minimum atomic E-state index is -0.942. The largest absolute Gasteiger partial charge is 0.368 e. The number of anilines is 3. The summed E-state index contributed by atoms with van der Waals surface area (Å²) in [7, 11) is 0. The maximum Gasteiger partial charge on any atom is 0.252 e. The maximum absolute atomic E-state index is 15.0. The molecule has 194 valence electrons. The Labute approximate surface area is 220 Å². The Morgan fingerprint density at radius 2 is 1.95 bits per heavy atom. The standard InChI is InChI=1S/C29H29FN6O2/c1-18-21(11-7-3-4-8-19-12-13-19)24(14-15-33-18)34-28-22(26(31)37)17-23(30)29(36-28)35-25(27(32)38)16-20-9-5-2-6-10-20/h2,5-7,9-11,14-15,17,19,25H,8,12-13,16H2,1H3,(H2,31,37)(H2,32,38)(H2,33,34,35,36)/b11-7-/t25-/m1/s1. The van der Waals surface area contributed by atoms with Crippen LogP contribution in [0.5, 0.6) is 0 Å². The summed E-state index contributed by atoms with van der Waals surface area (Å²) < 4.78 is 15.0. The van der Waals surface area contributed by atoms with Crippen molar-refractivity contribution in [2.24, 2.45) is 17.4 Å². The number of aryl methyl sites for hydroxylation is 1. The highest BCUT2D eigenvalue weighted by Crippen LogP contribution is 2.31. The zero-order chi connectivity index (χ0) is 27.1. The van der Waals surface area contributed by atoms with Gasteiger partial charge in [-0.25, -0.2) is 9.37 Å². The summed E-state index contributed by atoms with van der Waals surface area (Å²) in [6.45, 7) is 1.84. The van der Waals surface area contributed by atoms with Gasteiger partial charge in [-0.05, 0) is 55.5 Å². The summed E-state index contributed by atoms with van der Waals surface area (Å²) in [5, 5.41) is 5.86. The molecule has 0 saturated heterocycles. The van der Waals surface area contributed by atoms with Crippen LogP contribution in [0.3, 0.4) is 0 Å².